The van der Waals surface area contributed by atoms with Crippen molar-refractivity contribution in [3.05, 3.63) is 53.6 Å². The normalized spacial score (nSPS) is 25.5. The van der Waals surface area contributed by atoms with E-state index in [1.807, 2.05) is 0 Å². The van der Waals surface area contributed by atoms with Crippen molar-refractivity contribution in [2.45, 2.75) is 11.9 Å². The topological polar surface area (TPSA) is 85.2 Å². The van der Waals surface area contributed by atoms with Crippen LogP contribution in [0.15, 0.2) is 42.5 Å². The Labute approximate surface area is 125 Å². The van der Waals surface area contributed by atoms with Crippen LogP contribution >= 0.6 is 0 Å². The van der Waals surface area contributed by atoms with Gasteiger partial charge in [-0.1, -0.05) is 30.3 Å². The maximum atomic E-state index is 12.4. The highest BCUT2D eigenvalue weighted by Crippen LogP contribution is 2.44. The van der Waals surface area contributed by atoms with Crippen molar-refractivity contribution >= 4 is 5.78 Å². The Hall–Kier alpha value is -2.57. The monoisotopic (exact) mass is 300 g/mol. The standard InChI is InChI=1S/C16H12O6/c17-14-10-6-12-13(21-8-20-12)7-11(10)22-16(19,15(14)18)9-4-2-1-3-5-9/h1-7,15,18-19H,8H2. The van der Waals surface area contributed by atoms with Crippen LogP contribution in [0.4, 0.5) is 0 Å². The van der Waals surface area contributed by atoms with Crippen molar-refractivity contribution in [3.63, 3.8) is 0 Å². The molecule has 0 spiro atoms. The van der Waals surface area contributed by atoms with Gasteiger partial charge in [-0.15, -0.1) is 0 Å². The number of fused-ring (bicyclic) bond motifs is 2. The Morgan fingerprint density at radius 3 is 2.45 bits per heavy atom. The first-order valence-electron chi connectivity index (χ1n) is 6.72. The maximum absolute atomic E-state index is 12.4. The van der Waals surface area contributed by atoms with Crippen LogP contribution in [-0.2, 0) is 5.79 Å². The van der Waals surface area contributed by atoms with Crippen LogP contribution in [0.1, 0.15) is 15.9 Å². The van der Waals surface area contributed by atoms with Gasteiger partial charge in [0.2, 0.25) is 12.6 Å². The number of carbonyl (C=O) groups is 1. The molecule has 4 rings (SSSR count). The zero-order valence-corrected chi connectivity index (χ0v) is 11.4. The average molecular weight is 300 g/mol. The summed E-state index contributed by atoms with van der Waals surface area (Å²) in [6.45, 7) is 0.0535. The van der Waals surface area contributed by atoms with E-state index >= 15 is 0 Å². The Kier molecular flexibility index (Phi) is 2.66. The van der Waals surface area contributed by atoms with Crippen LogP contribution in [0.3, 0.4) is 0 Å². The Morgan fingerprint density at radius 1 is 1.05 bits per heavy atom. The highest BCUT2D eigenvalue weighted by atomic mass is 16.7. The molecule has 2 aromatic carbocycles. The first kappa shape index (κ1) is 13.1. The van der Waals surface area contributed by atoms with Gasteiger partial charge in [0.15, 0.2) is 17.6 Å². The molecule has 2 aromatic rings. The van der Waals surface area contributed by atoms with E-state index in [0.717, 1.165) is 0 Å². The molecule has 2 aliphatic rings. The first-order chi connectivity index (χ1) is 10.6. The lowest BCUT2D eigenvalue weighted by Gasteiger charge is -2.37. The number of hydrogen-bond donors (Lipinski definition) is 2. The molecule has 2 aliphatic heterocycles. The van der Waals surface area contributed by atoms with Crippen LogP contribution in [0.25, 0.3) is 0 Å². The molecule has 0 aliphatic carbocycles. The lowest BCUT2D eigenvalue weighted by atomic mass is 9.90. The molecule has 2 unspecified atom stereocenters. The number of rotatable bonds is 1. The van der Waals surface area contributed by atoms with E-state index in [4.69, 9.17) is 14.2 Å². The summed E-state index contributed by atoms with van der Waals surface area (Å²) in [6.07, 6.45) is -1.73. The molecule has 0 bridgehead atoms. The molecule has 0 fully saturated rings. The SMILES string of the molecule is O=C1c2cc3c(cc2OC(O)(c2ccccc2)C1O)OCO3. The molecular weight excluding hydrogens is 288 g/mol. The summed E-state index contributed by atoms with van der Waals surface area (Å²) < 4.78 is 16.0. The van der Waals surface area contributed by atoms with Crippen molar-refractivity contribution in [2.24, 2.45) is 0 Å². The molecular formula is C16H12O6. The minimum absolute atomic E-state index is 0.0535. The molecule has 112 valence electrons. The zero-order chi connectivity index (χ0) is 15.3. The Bertz CT molecular complexity index is 757. The molecule has 0 amide bonds. The summed E-state index contributed by atoms with van der Waals surface area (Å²) in [5.41, 5.74) is 0.441. The maximum Gasteiger partial charge on any atom is 0.268 e. The highest BCUT2D eigenvalue weighted by Gasteiger charge is 2.50. The second kappa shape index (κ2) is 4.46. The van der Waals surface area contributed by atoms with E-state index in [0.29, 0.717) is 17.1 Å². The van der Waals surface area contributed by atoms with Crippen LogP contribution in [0.5, 0.6) is 17.2 Å². The number of ether oxygens (including phenoxy) is 3. The van der Waals surface area contributed by atoms with Crippen molar-refractivity contribution < 1.29 is 29.2 Å². The number of hydrogen-bond acceptors (Lipinski definition) is 6. The molecule has 22 heavy (non-hydrogen) atoms. The lowest BCUT2D eigenvalue weighted by molar-refractivity contribution is -0.203. The predicted molar refractivity (Wildman–Crippen MR) is 73.9 cm³/mol. The number of ketones is 1. The molecule has 2 heterocycles. The fraction of sp³-hybridized carbons (Fsp3) is 0.188. The van der Waals surface area contributed by atoms with Gasteiger partial charge in [-0.3, -0.25) is 4.79 Å². The molecule has 6 nitrogen and oxygen atoms in total. The van der Waals surface area contributed by atoms with E-state index in [2.05, 4.69) is 0 Å². The molecule has 0 saturated heterocycles. The second-order valence-corrected chi connectivity index (χ2v) is 5.13. The summed E-state index contributed by atoms with van der Waals surface area (Å²) in [4.78, 5) is 12.4. The van der Waals surface area contributed by atoms with E-state index in [9.17, 15) is 15.0 Å². The third kappa shape index (κ3) is 1.71. The third-order valence-corrected chi connectivity index (χ3v) is 3.81. The minimum atomic E-state index is -2.14. The predicted octanol–water partition coefficient (Wildman–Crippen LogP) is 1.20. The van der Waals surface area contributed by atoms with Crippen LogP contribution in [0, 0.1) is 0 Å². The van der Waals surface area contributed by atoms with Crippen LogP contribution in [-0.4, -0.2) is 28.9 Å². The Morgan fingerprint density at radius 2 is 1.73 bits per heavy atom. The van der Waals surface area contributed by atoms with E-state index in [-0.39, 0.29) is 18.1 Å². The molecule has 0 saturated carbocycles. The number of benzene rings is 2. The third-order valence-electron chi connectivity index (χ3n) is 3.81. The summed E-state index contributed by atoms with van der Waals surface area (Å²) in [5.74, 6) is -1.79. The first-order valence-corrected chi connectivity index (χ1v) is 6.72. The fourth-order valence-electron chi connectivity index (χ4n) is 2.64. The number of carbonyl (C=O) groups excluding carboxylic acids is 1. The van der Waals surface area contributed by atoms with E-state index < -0.39 is 17.7 Å². The number of Topliss-reactive ketones (excluding diaryl/α,β-unsaturated/α-hetero) is 1. The van der Waals surface area contributed by atoms with Gasteiger partial charge in [0.25, 0.3) is 5.79 Å². The fourth-order valence-corrected chi connectivity index (χ4v) is 2.64. The molecule has 2 atom stereocenters. The number of aliphatic hydroxyl groups is 2. The minimum Gasteiger partial charge on any atom is -0.454 e. The summed E-state index contributed by atoms with van der Waals surface area (Å²) in [5, 5.41) is 21.0. The molecule has 2 N–H and O–H groups in total. The second-order valence-electron chi connectivity index (χ2n) is 5.13. The summed E-state index contributed by atoms with van der Waals surface area (Å²) >= 11 is 0. The van der Waals surface area contributed by atoms with Gasteiger partial charge in [0.1, 0.15) is 5.75 Å². The van der Waals surface area contributed by atoms with Crippen molar-refractivity contribution in [3.8, 4) is 17.2 Å². The summed E-state index contributed by atoms with van der Waals surface area (Å²) in [7, 11) is 0. The van der Waals surface area contributed by atoms with Crippen molar-refractivity contribution in [2.75, 3.05) is 6.79 Å². The lowest BCUT2D eigenvalue weighted by Crippen LogP contribution is -2.52. The van der Waals surface area contributed by atoms with Crippen molar-refractivity contribution in [1.29, 1.82) is 0 Å². The van der Waals surface area contributed by atoms with Gasteiger partial charge in [0.05, 0.1) is 5.56 Å². The van der Waals surface area contributed by atoms with E-state index in [1.165, 1.54) is 12.1 Å². The average Bonchev–Trinajstić information content (AvgIpc) is 2.99. The van der Waals surface area contributed by atoms with Gasteiger partial charge >= 0.3 is 0 Å². The van der Waals surface area contributed by atoms with Gasteiger partial charge in [-0.05, 0) is 6.07 Å². The number of aliphatic hydroxyl groups excluding tert-OH is 1. The Balaban J connectivity index is 1.85. The van der Waals surface area contributed by atoms with Crippen molar-refractivity contribution in [1.82, 2.24) is 0 Å². The van der Waals surface area contributed by atoms with Crippen LogP contribution in [0.2, 0.25) is 0 Å². The zero-order valence-electron chi connectivity index (χ0n) is 11.4. The van der Waals surface area contributed by atoms with Gasteiger partial charge in [-0.25, -0.2) is 0 Å². The molecule has 0 aromatic heterocycles. The molecule has 6 heteroatoms. The quantitative estimate of drug-likeness (QED) is 0.823. The van der Waals surface area contributed by atoms with Gasteiger partial charge < -0.3 is 24.4 Å². The van der Waals surface area contributed by atoms with Gasteiger partial charge in [-0.2, -0.15) is 0 Å². The van der Waals surface area contributed by atoms with Gasteiger partial charge in [0, 0.05) is 11.6 Å². The molecule has 0 radical (unpaired) electrons. The largest absolute Gasteiger partial charge is 0.454 e. The van der Waals surface area contributed by atoms with Crippen LogP contribution < -0.4 is 14.2 Å². The highest BCUT2D eigenvalue weighted by molar-refractivity contribution is 6.04. The van der Waals surface area contributed by atoms with E-state index in [1.54, 1.807) is 30.3 Å². The smallest absolute Gasteiger partial charge is 0.268 e. The summed E-state index contributed by atoms with van der Waals surface area (Å²) in [6, 6.07) is 11.2.